The Morgan fingerprint density at radius 3 is 2.23 bits per heavy atom. The van der Waals surface area contributed by atoms with Gasteiger partial charge in [-0.3, -0.25) is 9.78 Å². The summed E-state index contributed by atoms with van der Waals surface area (Å²) in [6.45, 7) is 1.88. The first-order chi connectivity index (χ1) is 12.7. The Kier molecular flexibility index (Phi) is 4.15. The molecule has 3 aromatic carbocycles. The molecule has 0 saturated carbocycles. The zero-order valence-electron chi connectivity index (χ0n) is 14.3. The molecule has 0 aliphatic rings. The van der Waals surface area contributed by atoms with Crippen molar-refractivity contribution in [2.45, 2.75) is 6.92 Å². The fourth-order valence-corrected chi connectivity index (χ4v) is 3.01. The Morgan fingerprint density at radius 1 is 0.962 bits per heavy atom. The van der Waals surface area contributed by atoms with E-state index < -0.39 is 0 Å². The minimum atomic E-state index is -0.279. The normalized spacial score (nSPS) is 11.3. The highest BCUT2D eigenvalue weighted by Gasteiger charge is 2.07. The molecule has 1 heterocycles. The van der Waals surface area contributed by atoms with Crippen LogP contribution in [0.5, 0.6) is 0 Å². The molecular weight excluding hydrogens is 322 g/mol. The van der Waals surface area contributed by atoms with Gasteiger partial charge in [0.1, 0.15) is 0 Å². The van der Waals surface area contributed by atoms with E-state index in [1.54, 1.807) is 24.5 Å². The van der Waals surface area contributed by atoms with Crippen LogP contribution in [0, 0.1) is 6.92 Å². The molecule has 0 atom stereocenters. The Balaban J connectivity index is 1.70. The molecule has 1 aromatic heterocycles. The number of hydrogen-bond acceptors (Lipinski definition) is 3. The highest BCUT2D eigenvalue weighted by atomic mass is 16.2. The summed E-state index contributed by atoms with van der Waals surface area (Å²) >= 11 is 0. The van der Waals surface area contributed by atoms with Crippen LogP contribution in [0.4, 0.5) is 0 Å². The maximum absolute atomic E-state index is 12.2. The Bertz CT molecular complexity index is 1080. The van der Waals surface area contributed by atoms with Crippen LogP contribution in [0.2, 0.25) is 0 Å². The lowest BCUT2D eigenvalue weighted by Gasteiger charge is -2.08. The molecule has 0 saturated heterocycles. The summed E-state index contributed by atoms with van der Waals surface area (Å²) in [5.74, 6) is -0.279. The molecule has 4 rings (SSSR count). The predicted octanol–water partition coefficient (Wildman–Crippen LogP) is 4.46. The predicted molar refractivity (Wildman–Crippen MR) is 105 cm³/mol. The molecule has 1 N–H and O–H groups in total. The quantitative estimate of drug-likeness (QED) is 0.340. The van der Waals surface area contributed by atoms with Crippen LogP contribution >= 0.6 is 0 Å². The number of aromatic nitrogens is 1. The number of carbonyl (C=O) groups excluding carboxylic acids is 1. The molecule has 126 valence electrons. The summed E-state index contributed by atoms with van der Waals surface area (Å²) in [5, 5.41) is 8.67. The first kappa shape index (κ1) is 16.0. The van der Waals surface area contributed by atoms with E-state index in [1.165, 1.54) is 0 Å². The van der Waals surface area contributed by atoms with E-state index in [0.717, 1.165) is 32.8 Å². The second-order valence-electron chi connectivity index (χ2n) is 6.12. The van der Waals surface area contributed by atoms with Gasteiger partial charge in [-0.05, 0) is 46.7 Å². The number of fused-ring (bicyclic) bond motifs is 2. The number of rotatable bonds is 3. The van der Waals surface area contributed by atoms with Crippen LogP contribution in [0.1, 0.15) is 21.6 Å². The molecule has 26 heavy (non-hydrogen) atoms. The van der Waals surface area contributed by atoms with E-state index >= 15 is 0 Å². The Morgan fingerprint density at radius 2 is 1.62 bits per heavy atom. The average Bonchev–Trinajstić information content (AvgIpc) is 2.68. The molecule has 0 spiro atoms. The molecular formula is C22H17N3O. The van der Waals surface area contributed by atoms with Crippen molar-refractivity contribution in [3.05, 3.63) is 89.7 Å². The van der Waals surface area contributed by atoms with Crippen LogP contribution in [0.25, 0.3) is 21.5 Å². The third kappa shape index (κ3) is 3.05. The fourth-order valence-electron chi connectivity index (χ4n) is 3.01. The van der Waals surface area contributed by atoms with Crippen molar-refractivity contribution in [2.75, 3.05) is 0 Å². The fraction of sp³-hybridized carbons (Fsp3) is 0.0455. The number of carbonyl (C=O) groups is 1. The molecule has 0 bridgehead atoms. The topological polar surface area (TPSA) is 54.4 Å². The molecule has 0 aliphatic heterocycles. The SMILES string of the molecule is Cc1ccc(C(=O)N/N=C\c2c3ccccc3cc3ccccc23)cn1. The smallest absolute Gasteiger partial charge is 0.267 e. The van der Waals surface area contributed by atoms with E-state index in [0.29, 0.717) is 5.56 Å². The van der Waals surface area contributed by atoms with Crippen molar-refractivity contribution >= 4 is 33.7 Å². The Labute approximate surface area is 151 Å². The van der Waals surface area contributed by atoms with Gasteiger partial charge >= 0.3 is 0 Å². The highest BCUT2D eigenvalue weighted by Crippen LogP contribution is 2.27. The van der Waals surface area contributed by atoms with Gasteiger partial charge in [0.05, 0.1) is 11.8 Å². The van der Waals surface area contributed by atoms with Crippen LogP contribution in [-0.4, -0.2) is 17.1 Å². The maximum Gasteiger partial charge on any atom is 0.272 e. The molecule has 4 heteroatoms. The summed E-state index contributed by atoms with van der Waals surface area (Å²) in [6.07, 6.45) is 3.26. The van der Waals surface area contributed by atoms with Crippen molar-refractivity contribution in [3.8, 4) is 0 Å². The summed E-state index contributed by atoms with van der Waals surface area (Å²) in [6, 6.07) is 22.0. The number of nitrogens with zero attached hydrogens (tertiary/aromatic N) is 2. The molecule has 0 fully saturated rings. The minimum Gasteiger partial charge on any atom is -0.267 e. The lowest BCUT2D eigenvalue weighted by Crippen LogP contribution is -2.17. The number of hydrazone groups is 1. The zero-order chi connectivity index (χ0) is 17.9. The van der Waals surface area contributed by atoms with Gasteiger partial charge in [0.25, 0.3) is 5.91 Å². The summed E-state index contributed by atoms with van der Waals surface area (Å²) in [5.41, 5.74) is 4.92. The van der Waals surface area contributed by atoms with Crippen molar-refractivity contribution < 1.29 is 4.79 Å². The van der Waals surface area contributed by atoms with Gasteiger partial charge < -0.3 is 0 Å². The third-order valence-electron chi connectivity index (χ3n) is 4.35. The molecule has 0 unspecified atom stereocenters. The van der Waals surface area contributed by atoms with Crippen LogP contribution in [0.3, 0.4) is 0 Å². The number of nitrogens with one attached hydrogen (secondary N) is 1. The third-order valence-corrected chi connectivity index (χ3v) is 4.35. The second kappa shape index (κ2) is 6.76. The molecule has 1 amide bonds. The van der Waals surface area contributed by atoms with Crippen LogP contribution in [-0.2, 0) is 0 Å². The van der Waals surface area contributed by atoms with Gasteiger partial charge in [-0.2, -0.15) is 5.10 Å². The van der Waals surface area contributed by atoms with E-state index in [-0.39, 0.29) is 5.91 Å². The van der Waals surface area contributed by atoms with Crippen molar-refractivity contribution in [1.82, 2.24) is 10.4 Å². The first-order valence-electron chi connectivity index (χ1n) is 8.39. The molecule has 4 aromatic rings. The van der Waals surface area contributed by atoms with Gasteiger partial charge in [-0.15, -0.1) is 0 Å². The summed E-state index contributed by atoms with van der Waals surface area (Å²) < 4.78 is 0. The highest BCUT2D eigenvalue weighted by molar-refractivity contribution is 6.13. The monoisotopic (exact) mass is 339 g/mol. The number of amides is 1. The van der Waals surface area contributed by atoms with Gasteiger partial charge in [-0.25, -0.2) is 5.43 Å². The Hall–Kier alpha value is -3.53. The number of pyridine rings is 1. The minimum absolute atomic E-state index is 0.279. The van der Waals surface area contributed by atoms with Crippen LogP contribution in [0.15, 0.2) is 78.0 Å². The van der Waals surface area contributed by atoms with E-state index in [9.17, 15) is 4.79 Å². The molecule has 0 radical (unpaired) electrons. The lowest BCUT2D eigenvalue weighted by atomic mass is 9.97. The maximum atomic E-state index is 12.2. The summed E-state index contributed by atoms with van der Waals surface area (Å²) in [7, 11) is 0. The van der Waals surface area contributed by atoms with Crippen molar-refractivity contribution in [3.63, 3.8) is 0 Å². The van der Waals surface area contributed by atoms with Crippen molar-refractivity contribution in [2.24, 2.45) is 5.10 Å². The second-order valence-corrected chi connectivity index (χ2v) is 6.12. The molecule has 0 aliphatic carbocycles. The van der Waals surface area contributed by atoms with Gasteiger partial charge in [0.2, 0.25) is 0 Å². The average molecular weight is 339 g/mol. The van der Waals surface area contributed by atoms with E-state index in [4.69, 9.17) is 0 Å². The lowest BCUT2D eigenvalue weighted by molar-refractivity contribution is 0.0955. The standard InChI is InChI=1S/C22H17N3O/c1-15-10-11-18(13-23-15)22(26)25-24-14-21-19-8-4-2-6-16(19)12-17-7-3-5-9-20(17)21/h2-14H,1H3,(H,25,26)/b24-14-. The van der Waals surface area contributed by atoms with Crippen LogP contribution < -0.4 is 5.43 Å². The number of aryl methyl sites for hydroxylation is 1. The van der Waals surface area contributed by atoms with E-state index in [2.05, 4.69) is 45.8 Å². The van der Waals surface area contributed by atoms with Crippen molar-refractivity contribution in [1.29, 1.82) is 0 Å². The van der Waals surface area contributed by atoms with Gasteiger partial charge in [-0.1, -0.05) is 48.5 Å². The van der Waals surface area contributed by atoms with Gasteiger partial charge in [0.15, 0.2) is 0 Å². The zero-order valence-corrected chi connectivity index (χ0v) is 14.3. The number of hydrogen-bond donors (Lipinski definition) is 1. The number of benzene rings is 3. The molecule has 4 nitrogen and oxygen atoms in total. The summed E-state index contributed by atoms with van der Waals surface area (Å²) in [4.78, 5) is 16.3. The van der Waals surface area contributed by atoms with E-state index in [1.807, 2.05) is 31.2 Å². The largest absolute Gasteiger partial charge is 0.272 e. The first-order valence-corrected chi connectivity index (χ1v) is 8.39. The van der Waals surface area contributed by atoms with Gasteiger partial charge in [0, 0.05) is 17.5 Å².